The molecule has 0 aliphatic rings. The molecule has 4 N–H and O–H groups in total. The maximum Gasteiger partial charge on any atom is 0.472 e. The van der Waals surface area contributed by atoms with Crippen molar-refractivity contribution in [2.75, 3.05) is 26.4 Å². The van der Waals surface area contributed by atoms with Gasteiger partial charge in [0.25, 0.3) is 0 Å². The number of hydrogen-bond acceptors (Lipinski definition) is 9. The summed E-state index contributed by atoms with van der Waals surface area (Å²) < 4.78 is 32.6. The van der Waals surface area contributed by atoms with Crippen LogP contribution in [0, 0.1) is 0 Å². The summed E-state index contributed by atoms with van der Waals surface area (Å²) in [4.78, 5) is 34.7. The number of aliphatic hydroxyl groups is 1. The molecule has 3 atom stereocenters. The van der Waals surface area contributed by atoms with Gasteiger partial charge in [0, 0.05) is 19.4 Å². The minimum atomic E-state index is -4.40. The van der Waals surface area contributed by atoms with Crippen molar-refractivity contribution in [2.24, 2.45) is 5.73 Å². The maximum absolute atomic E-state index is 12.5. The minimum Gasteiger partial charge on any atom is -0.462 e. The molecule has 0 saturated carbocycles. The van der Waals surface area contributed by atoms with Gasteiger partial charge in [-0.1, -0.05) is 113 Å². The molecule has 300 valence electrons. The number of aliphatic hydroxyl groups excluding tert-OH is 1. The van der Waals surface area contributed by atoms with Crippen LogP contribution in [0.15, 0.2) is 60.8 Å². The molecule has 3 unspecified atom stereocenters. The number of phosphoric ester groups is 1. The number of hydrogen-bond donors (Lipinski definition) is 3. The van der Waals surface area contributed by atoms with Crippen LogP contribution < -0.4 is 5.73 Å². The van der Waals surface area contributed by atoms with E-state index in [0.29, 0.717) is 19.3 Å². The number of ether oxygens (including phenoxy) is 2. The molecule has 0 aromatic carbocycles. The van der Waals surface area contributed by atoms with Crippen molar-refractivity contribution in [2.45, 2.75) is 161 Å². The Labute approximate surface area is 315 Å². The van der Waals surface area contributed by atoms with Crippen LogP contribution in [0.5, 0.6) is 0 Å². The van der Waals surface area contributed by atoms with Crippen LogP contribution >= 0.6 is 7.82 Å². The lowest BCUT2D eigenvalue weighted by Crippen LogP contribution is -2.29. The Morgan fingerprint density at radius 3 is 1.79 bits per heavy atom. The van der Waals surface area contributed by atoms with E-state index in [1.165, 1.54) is 32.1 Å². The average Bonchev–Trinajstić information content (AvgIpc) is 3.13. The molecule has 0 aliphatic heterocycles. The first-order valence-electron chi connectivity index (χ1n) is 19.8. The Bertz CT molecular complexity index is 1060. The van der Waals surface area contributed by atoms with E-state index in [-0.39, 0.29) is 38.7 Å². The molecule has 0 aromatic rings. The van der Waals surface area contributed by atoms with Gasteiger partial charge in [-0.2, -0.15) is 0 Å². The molecule has 0 amide bonds. The molecule has 0 radical (unpaired) electrons. The number of phosphoric acid groups is 1. The molecule has 0 aliphatic carbocycles. The van der Waals surface area contributed by atoms with Gasteiger partial charge in [-0.15, -0.1) is 0 Å². The molecular weight excluding hydrogens is 681 g/mol. The van der Waals surface area contributed by atoms with Crippen LogP contribution in [0.4, 0.5) is 0 Å². The Morgan fingerprint density at radius 1 is 0.654 bits per heavy atom. The fourth-order valence-electron chi connectivity index (χ4n) is 4.89. The zero-order chi connectivity index (χ0) is 38.4. The van der Waals surface area contributed by atoms with E-state index in [0.717, 1.165) is 70.6 Å². The fraction of sp³-hybridized carbons (Fsp3) is 0.707. The van der Waals surface area contributed by atoms with Gasteiger partial charge in [0.15, 0.2) is 6.10 Å². The van der Waals surface area contributed by atoms with Crippen molar-refractivity contribution in [1.82, 2.24) is 0 Å². The van der Waals surface area contributed by atoms with Crippen molar-refractivity contribution in [3.8, 4) is 0 Å². The number of allylic oxidation sites excluding steroid dienone is 10. The van der Waals surface area contributed by atoms with E-state index in [1.807, 2.05) is 19.1 Å². The highest BCUT2D eigenvalue weighted by atomic mass is 31.2. The second-order valence-electron chi connectivity index (χ2n) is 12.9. The number of rotatable bonds is 36. The van der Waals surface area contributed by atoms with Crippen LogP contribution in [0.25, 0.3) is 0 Å². The highest BCUT2D eigenvalue weighted by Gasteiger charge is 2.25. The molecule has 0 rings (SSSR count). The van der Waals surface area contributed by atoms with Crippen LogP contribution in [0.2, 0.25) is 0 Å². The van der Waals surface area contributed by atoms with Crippen molar-refractivity contribution in [1.29, 1.82) is 0 Å². The van der Waals surface area contributed by atoms with Gasteiger partial charge in [-0.3, -0.25) is 18.6 Å². The summed E-state index contributed by atoms with van der Waals surface area (Å²) >= 11 is 0. The van der Waals surface area contributed by atoms with Gasteiger partial charge in [0.1, 0.15) is 6.61 Å². The van der Waals surface area contributed by atoms with Gasteiger partial charge < -0.3 is 25.2 Å². The SMILES string of the molecule is CCCCCC/C=C\CCCCCCCC(=O)OCC(COP(=O)(O)OCCN)OC(=O)CCC/C=C\C/C=C\C/C=C\C/C=C\CCC(O)CC. The van der Waals surface area contributed by atoms with Crippen molar-refractivity contribution in [3.63, 3.8) is 0 Å². The second-order valence-corrected chi connectivity index (χ2v) is 14.4. The molecule has 0 heterocycles. The molecule has 52 heavy (non-hydrogen) atoms. The Kier molecular flexibility index (Phi) is 35.3. The Balaban J connectivity index is 4.35. The third kappa shape index (κ3) is 36.0. The number of esters is 2. The molecule has 0 saturated heterocycles. The van der Waals surface area contributed by atoms with E-state index in [9.17, 15) is 24.2 Å². The van der Waals surface area contributed by atoms with Crippen molar-refractivity contribution >= 4 is 19.8 Å². The lowest BCUT2D eigenvalue weighted by molar-refractivity contribution is -0.161. The molecule has 0 aromatic heterocycles. The topological polar surface area (TPSA) is 155 Å². The summed E-state index contributed by atoms with van der Waals surface area (Å²) in [6.45, 7) is 3.33. The van der Waals surface area contributed by atoms with Gasteiger partial charge in [-0.05, 0) is 83.5 Å². The fourth-order valence-corrected chi connectivity index (χ4v) is 5.66. The molecule has 0 spiro atoms. The van der Waals surface area contributed by atoms with Crippen molar-refractivity contribution < 1.29 is 42.7 Å². The van der Waals surface area contributed by atoms with E-state index >= 15 is 0 Å². The largest absolute Gasteiger partial charge is 0.472 e. The lowest BCUT2D eigenvalue weighted by atomic mass is 10.1. The predicted octanol–water partition coefficient (Wildman–Crippen LogP) is 9.91. The summed E-state index contributed by atoms with van der Waals surface area (Å²) in [5, 5.41) is 9.55. The molecule has 11 heteroatoms. The smallest absolute Gasteiger partial charge is 0.462 e. The zero-order valence-corrected chi connectivity index (χ0v) is 33.3. The molecular formula is C41H72NO9P. The summed E-state index contributed by atoms with van der Waals surface area (Å²) in [5.74, 6) is -0.929. The van der Waals surface area contributed by atoms with Crippen LogP contribution in [-0.2, 0) is 32.7 Å². The summed E-state index contributed by atoms with van der Waals surface area (Å²) in [6.07, 6.45) is 39.1. The first kappa shape index (κ1) is 49.7. The van der Waals surface area contributed by atoms with Gasteiger partial charge in [0.2, 0.25) is 0 Å². The van der Waals surface area contributed by atoms with Crippen LogP contribution in [0.3, 0.4) is 0 Å². The molecule has 0 fully saturated rings. The molecule has 0 bridgehead atoms. The van der Waals surface area contributed by atoms with Crippen LogP contribution in [0.1, 0.15) is 149 Å². The predicted molar refractivity (Wildman–Crippen MR) is 212 cm³/mol. The van der Waals surface area contributed by atoms with E-state index in [4.69, 9.17) is 24.3 Å². The van der Waals surface area contributed by atoms with Gasteiger partial charge >= 0.3 is 19.8 Å². The highest BCUT2D eigenvalue weighted by molar-refractivity contribution is 7.47. The number of carbonyl (C=O) groups is 2. The van der Waals surface area contributed by atoms with Crippen LogP contribution in [-0.4, -0.2) is 60.5 Å². The second kappa shape index (κ2) is 37.0. The molecule has 10 nitrogen and oxygen atoms in total. The number of nitrogens with two attached hydrogens (primary N) is 1. The average molecular weight is 754 g/mol. The van der Waals surface area contributed by atoms with Crippen molar-refractivity contribution in [3.05, 3.63) is 60.8 Å². The first-order chi connectivity index (χ1) is 25.2. The zero-order valence-electron chi connectivity index (χ0n) is 32.4. The third-order valence-electron chi connectivity index (χ3n) is 8.04. The first-order valence-corrected chi connectivity index (χ1v) is 21.3. The van der Waals surface area contributed by atoms with Gasteiger partial charge in [0.05, 0.1) is 19.3 Å². The normalized spacial score (nSPS) is 14.6. The van der Waals surface area contributed by atoms with E-state index in [2.05, 4.69) is 55.5 Å². The minimum absolute atomic E-state index is 0.0354. The summed E-state index contributed by atoms with van der Waals surface area (Å²) in [7, 11) is -4.40. The van der Waals surface area contributed by atoms with E-state index in [1.54, 1.807) is 0 Å². The third-order valence-corrected chi connectivity index (χ3v) is 9.02. The monoisotopic (exact) mass is 753 g/mol. The Hall–Kier alpha value is -2.33. The maximum atomic E-state index is 12.5. The van der Waals surface area contributed by atoms with E-state index < -0.39 is 32.5 Å². The van der Waals surface area contributed by atoms with Gasteiger partial charge in [-0.25, -0.2) is 4.57 Å². The lowest BCUT2D eigenvalue weighted by Gasteiger charge is -2.19. The quantitative estimate of drug-likeness (QED) is 0.0244. The standard InChI is InChI=1S/C41H72NO9P/c1-3-5-6-7-8-9-10-13-17-20-23-26-29-32-40(44)48-36-39(37-50-52(46,47)49-35-34-42)51-41(45)33-30-27-24-21-18-15-12-11-14-16-19-22-25-28-31-38(43)4-2/h9-10,12,14-16,21-22,24-25,38-39,43H,3-8,11,13,17-20,23,26-37,42H2,1-2H3,(H,46,47)/b10-9-,15-12-,16-14-,24-21-,25-22-. The number of carbonyl (C=O) groups excluding carboxylic acids is 2. The highest BCUT2D eigenvalue weighted by Crippen LogP contribution is 2.43. The number of unbranched alkanes of at least 4 members (excludes halogenated alkanes) is 10. The summed E-state index contributed by atoms with van der Waals surface area (Å²) in [6, 6.07) is 0. The Morgan fingerprint density at radius 2 is 1.17 bits per heavy atom. The summed E-state index contributed by atoms with van der Waals surface area (Å²) in [5.41, 5.74) is 5.33.